The van der Waals surface area contributed by atoms with Crippen LogP contribution in [0.3, 0.4) is 0 Å². The average molecular weight is 294 g/mol. The quantitative estimate of drug-likeness (QED) is 0.649. The fourth-order valence-corrected chi connectivity index (χ4v) is 2.61. The number of benzene rings is 1. The van der Waals surface area contributed by atoms with Gasteiger partial charge in [0.2, 0.25) is 11.8 Å². The predicted molar refractivity (Wildman–Crippen MR) is 80.1 cm³/mol. The van der Waals surface area contributed by atoms with E-state index in [1.807, 2.05) is 32.0 Å². The van der Waals surface area contributed by atoms with E-state index >= 15 is 0 Å². The first-order valence-electron chi connectivity index (χ1n) is 6.31. The molecule has 1 aliphatic rings. The van der Waals surface area contributed by atoms with Crippen LogP contribution in [0.5, 0.6) is 0 Å². The molecule has 4 N–H and O–H groups in total. The molecule has 7 heteroatoms. The molecule has 1 saturated heterocycles. The molecule has 1 fully saturated rings. The maximum atomic E-state index is 11.9. The molecule has 0 radical (unpaired) electrons. The molecule has 1 unspecified atom stereocenters. The number of carbonyl (C=O) groups excluding carboxylic acids is 2. The van der Waals surface area contributed by atoms with Crippen molar-refractivity contribution in [3.05, 3.63) is 29.3 Å². The SMILES string of the molecule is Cc1ccc(NC(=O)CSC2NNCC(=O)N2)c(C)c1. The fourth-order valence-electron chi connectivity index (χ4n) is 1.84. The Balaban J connectivity index is 1.81. The van der Waals surface area contributed by atoms with Gasteiger partial charge in [-0.15, -0.1) is 11.8 Å². The Labute approximate surface area is 122 Å². The second-order valence-corrected chi connectivity index (χ2v) is 5.72. The molecule has 0 spiro atoms. The lowest BCUT2D eigenvalue weighted by Crippen LogP contribution is -2.58. The Bertz CT molecular complexity index is 521. The van der Waals surface area contributed by atoms with Gasteiger partial charge >= 0.3 is 0 Å². The van der Waals surface area contributed by atoms with Gasteiger partial charge < -0.3 is 10.6 Å². The second kappa shape index (κ2) is 6.74. The zero-order chi connectivity index (χ0) is 14.5. The van der Waals surface area contributed by atoms with Gasteiger partial charge in [-0.3, -0.25) is 9.59 Å². The Hall–Kier alpha value is -1.57. The summed E-state index contributed by atoms with van der Waals surface area (Å²) >= 11 is 1.32. The molecule has 6 nitrogen and oxygen atoms in total. The number of nitrogens with one attached hydrogen (secondary N) is 4. The Kier molecular flexibility index (Phi) is 4.99. The van der Waals surface area contributed by atoms with E-state index in [0.717, 1.165) is 16.8 Å². The highest BCUT2D eigenvalue weighted by atomic mass is 32.2. The summed E-state index contributed by atoms with van der Waals surface area (Å²) in [6.07, 6.45) is 0. The highest BCUT2D eigenvalue weighted by molar-refractivity contribution is 8.00. The molecule has 2 amide bonds. The zero-order valence-corrected chi connectivity index (χ0v) is 12.3. The third kappa shape index (κ3) is 4.22. The first kappa shape index (κ1) is 14.8. The zero-order valence-electron chi connectivity index (χ0n) is 11.4. The summed E-state index contributed by atoms with van der Waals surface area (Å²) in [6, 6.07) is 5.88. The molecular formula is C13H18N4O2S. The number of carbonyl (C=O) groups is 2. The van der Waals surface area contributed by atoms with Gasteiger partial charge in [0.05, 0.1) is 12.3 Å². The summed E-state index contributed by atoms with van der Waals surface area (Å²) in [5.74, 6) is 0.0760. The van der Waals surface area contributed by atoms with Crippen molar-refractivity contribution in [3.8, 4) is 0 Å². The maximum Gasteiger partial charge on any atom is 0.237 e. The summed E-state index contributed by atoms with van der Waals surface area (Å²) in [5.41, 5.74) is 8.37. The van der Waals surface area contributed by atoms with Gasteiger partial charge in [0.1, 0.15) is 5.50 Å². The van der Waals surface area contributed by atoms with Gasteiger partial charge in [-0.2, -0.15) is 0 Å². The molecule has 1 aromatic carbocycles. The monoisotopic (exact) mass is 294 g/mol. The molecule has 1 atom stereocenters. The number of aryl methyl sites for hydroxylation is 2. The van der Waals surface area contributed by atoms with E-state index in [1.165, 1.54) is 11.8 Å². The van der Waals surface area contributed by atoms with E-state index in [-0.39, 0.29) is 29.6 Å². The summed E-state index contributed by atoms with van der Waals surface area (Å²) in [4.78, 5) is 23.0. The topological polar surface area (TPSA) is 82.3 Å². The van der Waals surface area contributed by atoms with Crippen LogP contribution in [0.1, 0.15) is 11.1 Å². The molecule has 20 heavy (non-hydrogen) atoms. The number of hydrogen-bond acceptors (Lipinski definition) is 5. The summed E-state index contributed by atoms with van der Waals surface area (Å²) < 4.78 is 0. The van der Waals surface area contributed by atoms with Crippen molar-refractivity contribution in [3.63, 3.8) is 0 Å². The van der Waals surface area contributed by atoms with Gasteiger partial charge in [0.15, 0.2) is 0 Å². The Morgan fingerprint density at radius 2 is 2.25 bits per heavy atom. The van der Waals surface area contributed by atoms with Gasteiger partial charge in [0.25, 0.3) is 0 Å². The molecule has 1 heterocycles. The summed E-state index contributed by atoms with van der Waals surface area (Å²) in [6.45, 7) is 4.22. The van der Waals surface area contributed by atoms with Crippen LogP contribution in [-0.2, 0) is 9.59 Å². The molecule has 0 aromatic heterocycles. The van der Waals surface area contributed by atoms with Crippen molar-refractivity contribution in [2.45, 2.75) is 19.3 Å². The average Bonchev–Trinajstić information content (AvgIpc) is 2.40. The summed E-state index contributed by atoms with van der Waals surface area (Å²) in [7, 11) is 0. The number of thioether (sulfide) groups is 1. The number of hydrazine groups is 1. The van der Waals surface area contributed by atoms with Crippen LogP contribution >= 0.6 is 11.8 Å². The van der Waals surface area contributed by atoms with Gasteiger partial charge in [-0.25, -0.2) is 10.9 Å². The third-order valence-electron chi connectivity index (χ3n) is 2.81. The van der Waals surface area contributed by atoms with Crippen molar-refractivity contribution in [1.82, 2.24) is 16.2 Å². The highest BCUT2D eigenvalue weighted by Crippen LogP contribution is 2.16. The van der Waals surface area contributed by atoms with E-state index in [4.69, 9.17) is 0 Å². The molecule has 0 aliphatic carbocycles. The van der Waals surface area contributed by atoms with Gasteiger partial charge in [0, 0.05) is 5.69 Å². The van der Waals surface area contributed by atoms with Crippen molar-refractivity contribution in [2.75, 3.05) is 17.6 Å². The van der Waals surface area contributed by atoms with E-state index in [1.54, 1.807) is 0 Å². The Morgan fingerprint density at radius 1 is 1.45 bits per heavy atom. The number of hydrogen-bond donors (Lipinski definition) is 4. The number of amides is 2. The molecule has 0 bridgehead atoms. The van der Waals surface area contributed by atoms with Crippen LogP contribution in [0, 0.1) is 13.8 Å². The van der Waals surface area contributed by atoms with Gasteiger partial charge in [-0.05, 0) is 25.5 Å². The van der Waals surface area contributed by atoms with Crippen LogP contribution in [0.25, 0.3) is 0 Å². The molecule has 1 aromatic rings. The minimum absolute atomic E-state index is 0.0870. The summed E-state index contributed by atoms with van der Waals surface area (Å²) in [5, 5.41) is 5.59. The number of anilines is 1. The minimum Gasteiger partial charge on any atom is -0.330 e. The van der Waals surface area contributed by atoms with E-state index in [0.29, 0.717) is 0 Å². The molecule has 2 rings (SSSR count). The maximum absolute atomic E-state index is 11.9. The van der Waals surface area contributed by atoms with Crippen molar-refractivity contribution in [2.24, 2.45) is 0 Å². The van der Waals surface area contributed by atoms with Crippen LogP contribution in [0.2, 0.25) is 0 Å². The second-order valence-electron chi connectivity index (χ2n) is 4.62. The first-order valence-corrected chi connectivity index (χ1v) is 7.36. The predicted octanol–water partition coefficient (Wildman–Crippen LogP) is 0.483. The Morgan fingerprint density at radius 3 is 2.95 bits per heavy atom. The minimum atomic E-state index is -0.291. The van der Waals surface area contributed by atoms with E-state index < -0.39 is 0 Å². The molecule has 108 valence electrons. The smallest absolute Gasteiger partial charge is 0.237 e. The fraction of sp³-hybridized carbons (Fsp3) is 0.385. The van der Waals surface area contributed by atoms with Crippen molar-refractivity contribution < 1.29 is 9.59 Å². The lowest BCUT2D eigenvalue weighted by Gasteiger charge is -2.24. The lowest BCUT2D eigenvalue weighted by molar-refractivity contribution is -0.122. The van der Waals surface area contributed by atoms with Crippen molar-refractivity contribution >= 4 is 29.3 Å². The third-order valence-corrected chi connectivity index (χ3v) is 3.81. The van der Waals surface area contributed by atoms with Crippen LogP contribution in [0.4, 0.5) is 5.69 Å². The van der Waals surface area contributed by atoms with Crippen LogP contribution in [0.15, 0.2) is 18.2 Å². The number of rotatable bonds is 4. The standard InChI is InChI=1S/C13H18N4O2S/c1-8-3-4-10(9(2)5-8)15-12(19)7-20-13-16-11(18)6-14-17-13/h3-5,13-14,17H,6-7H2,1-2H3,(H,15,19)(H,16,18). The van der Waals surface area contributed by atoms with E-state index in [2.05, 4.69) is 21.5 Å². The first-order chi connectivity index (χ1) is 9.54. The van der Waals surface area contributed by atoms with Gasteiger partial charge in [-0.1, -0.05) is 17.7 Å². The molecule has 1 aliphatic heterocycles. The molecular weight excluding hydrogens is 276 g/mol. The van der Waals surface area contributed by atoms with E-state index in [9.17, 15) is 9.59 Å². The van der Waals surface area contributed by atoms with Crippen LogP contribution < -0.4 is 21.5 Å². The largest absolute Gasteiger partial charge is 0.330 e. The normalized spacial score (nSPS) is 18.5. The van der Waals surface area contributed by atoms with Crippen molar-refractivity contribution in [1.29, 1.82) is 0 Å². The molecule has 0 saturated carbocycles. The lowest BCUT2D eigenvalue weighted by atomic mass is 10.1. The van der Waals surface area contributed by atoms with Crippen LogP contribution in [-0.4, -0.2) is 29.6 Å². The highest BCUT2D eigenvalue weighted by Gasteiger charge is 2.18.